The van der Waals surface area contributed by atoms with E-state index in [1.807, 2.05) is 13.8 Å². The number of ether oxygens (including phenoxy) is 1. The van der Waals surface area contributed by atoms with Crippen LogP contribution in [-0.2, 0) is 4.74 Å². The van der Waals surface area contributed by atoms with Gasteiger partial charge in [-0.25, -0.2) is 0 Å². The van der Waals surface area contributed by atoms with Gasteiger partial charge >= 0.3 is 0 Å². The summed E-state index contributed by atoms with van der Waals surface area (Å²) in [6.45, 7) is 9.89. The van der Waals surface area contributed by atoms with Crippen LogP contribution in [0.5, 0.6) is 0 Å². The van der Waals surface area contributed by atoms with Crippen molar-refractivity contribution < 1.29 is 9.94 Å². The van der Waals surface area contributed by atoms with E-state index in [-0.39, 0.29) is 5.41 Å². The molecule has 5 heteroatoms. The number of rotatable bonds is 6. The Labute approximate surface area is 110 Å². The van der Waals surface area contributed by atoms with Gasteiger partial charge in [-0.05, 0) is 31.2 Å². The number of oxime groups is 1. The second kappa shape index (κ2) is 6.38. The normalized spacial score (nSPS) is 20.9. The van der Waals surface area contributed by atoms with Crippen LogP contribution in [0.3, 0.4) is 0 Å². The Kier molecular flexibility index (Phi) is 5.41. The minimum Gasteiger partial charge on any atom is -0.409 e. The van der Waals surface area contributed by atoms with Gasteiger partial charge in [0.05, 0.1) is 0 Å². The number of nitrogens with two attached hydrogens (primary N) is 1. The minimum absolute atomic E-state index is 0.266. The molecular formula is C13H27N3O2. The fourth-order valence-corrected chi connectivity index (χ4v) is 2.10. The molecule has 1 heterocycles. The number of nitrogens with one attached hydrogen (secondary N) is 1. The van der Waals surface area contributed by atoms with Gasteiger partial charge in [0.2, 0.25) is 0 Å². The van der Waals surface area contributed by atoms with Crippen molar-refractivity contribution in [1.29, 1.82) is 0 Å². The molecular weight excluding hydrogens is 230 g/mol. The Morgan fingerprint density at radius 1 is 1.44 bits per heavy atom. The maximum Gasteiger partial charge on any atom is 0.144 e. The van der Waals surface area contributed by atoms with Crippen molar-refractivity contribution in [3.8, 4) is 0 Å². The Morgan fingerprint density at radius 3 is 2.61 bits per heavy atom. The SMILES string of the molecule is CC1(CNCCC(C)(C)C(N)=NO)CCOCC1. The van der Waals surface area contributed by atoms with E-state index in [0.717, 1.165) is 45.6 Å². The average molecular weight is 257 g/mol. The molecule has 1 aliphatic rings. The first-order valence-corrected chi connectivity index (χ1v) is 6.66. The Balaban J connectivity index is 2.26. The molecule has 0 bridgehead atoms. The molecule has 1 saturated heterocycles. The summed E-state index contributed by atoms with van der Waals surface area (Å²) in [6, 6.07) is 0. The summed E-state index contributed by atoms with van der Waals surface area (Å²) < 4.78 is 5.38. The van der Waals surface area contributed by atoms with E-state index in [1.54, 1.807) is 0 Å². The highest BCUT2D eigenvalue weighted by molar-refractivity contribution is 5.85. The van der Waals surface area contributed by atoms with Crippen LogP contribution in [0.1, 0.15) is 40.0 Å². The molecule has 1 fully saturated rings. The maximum absolute atomic E-state index is 8.70. The quantitative estimate of drug-likeness (QED) is 0.222. The van der Waals surface area contributed by atoms with Crippen LogP contribution in [-0.4, -0.2) is 37.3 Å². The van der Waals surface area contributed by atoms with E-state index in [0.29, 0.717) is 11.3 Å². The number of nitrogens with zero attached hydrogens (tertiary/aromatic N) is 1. The monoisotopic (exact) mass is 257 g/mol. The largest absolute Gasteiger partial charge is 0.409 e. The highest BCUT2D eigenvalue weighted by Gasteiger charge is 2.27. The second-order valence-electron chi connectivity index (χ2n) is 6.22. The molecule has 0 aromatic heterocycles. The lowest BCUT2D eigenvalue weighted by molar-refractivity contribution is 0.0240. The third-order valence-electron chi connectivity index (χ3n) is 3.98. The lowest BCUT2D eigenvalue weighted by Crippen LogP contribution is -2.39. The van der Waals surface area contributed by atoms with Crippen LogP contribution in [0.25, 0.3) is 0 Å². The minimum atomic E-state index is -0.266. The average Bonchev–Trinajstić information content (AvgIpc) is 2.34. The summed E-state index contributed by atoms with van der Waals surface area (Å²) in [4.78, 5) is 0. The van der Waals surface area contributed by atoms with Crippen LogP contribution < -0.4 is 11.1 Å². The van der Waals surface area contributed by atoms with Gasteiger partial charge in [0.15, 0.2) is 0 Å². The van der Waals surface area contributed by atoms with Crippen LogP contribution >= 0.6 is 0 Å². The fourth-order valence-electron chi connectivity index (χ4n) is 2.10. The predicted octanol–water partition coefficient (Wildman–Crippen LogP) is 1.56. The van der Waals surface area contributed by atoms with Gasteiger partial charge in [0.1, 0.15) is 5.84 Å². The molecule has 0 saturated carbocycles. The Bertz CT molecular complexity index is 284. The maximum atomic E-state index is 8.70. The van der Waals surface area contributed by atoms with Crippen LogP contribution in [0, 0.1) is 10.8 Å². The molecule has 1 aliphatic heterocycles. The Morgan fingerprint density at radius 2 is 2.06 bits per heavy atom. The second-order valence-corrected chi connectivity index (χ2v) is 6.22. The fraction of sp³-hybridized carbons (Fsp3) is 0.923. The van der Waals surface area contributed by atoms with Gasteiger partial charge in [0, 0.05) is 25.2 Å². The summed E-state index contributed by atoms with van der Waals surface area (Å²) in [7, 11) is 0. The van der Waals surface area contributed by atoms with E-state index in [1.165, 1.54) is 0 Å². The van der Waals surface area contributed by atoms with Gasteiger partial charge < -0.3 is 21.0 Å². The zero-order valence-corrected chi connectivity index (χ0v) is 11.8. The summed E-state index contributed by atoms with van der Waals surface area (Å²) in [5.41, 5.74) is 5.74. The van der Waals surface area contributed by atoms with Gasteiger partial charge in [-0.15, -0.1) is 0 Å². The van der Waals surface area contributed by atoms with E-state index in [9.17, 15) is 0 Å². The first kappa shape index (κ1) is 15.2. The molecule has 0 aromatic rings. The molecule has 0 aliphatic carbocycles. The summed E-state index contributed by atoms with van der Waals surface area (Å²) >= 11 is 0. The first-order chi connectivity index (χ1) is 8.40. The van der Waals surface area contributed by atoms with Crippen molar-refractivity contribution in [3.63, 3.8) is 0 Å². The van der Waals surface area contributed by atoms with Crippen LogP contribution in [0.4, 0.5) is 0 Å². The van der Waals surface area contributed by atoms with Gasteiger partial charge in [-0.3, -0.25) is 0 Å². The van der Waals surface area contributed by atoms with Crippen LogP contribution in [0.15, 0.2) is 5.16 Å². The van der Waals surface area contributed by atoms with E-state index >= 15 is 0 Å². The first-order valence-electron chi connectivity index (χ1n) is 6.66. The van der Waals surface area contributed by atoms with Crippen LogP contribution in [0.2, 0.25) is 0 Å². The Hall–Kier alpha value is -0.810. The van der Waals surface area contributed by atoms with E-state index in [2.05, 4.69) is 17.4 Å². The standard InChI is InChI=1S/C13H27N3O2/c1-12(2,11(14)16-17)4-7-15-10-13(3)5-8-18-9-6-13/h15,17H,4-10H2,1-3H3,(H2,14,16). The zero-order valence-electron chi connectivity index (χ0n) is 11.8. The highest BCUT2D eigenvalue weighted by Crippen LogP contribution is 2.28. The summed E-state index contributed by atoms with van der Waals surface area (Å²) in [6.07, 6.45) is 3.09. The molecule has 0 amide bonds. The molecule has 5 nitrogen and oxygen atoms in total. The lowest BCUT2D eigenvalue weighted by atomic mass is 9.82. The summed E-state index contributed by atoms with van der Waals surface area (Å²) in [5.74, 6) is 0.293. The van der Waals surface area contributed by atoms with Crippen molar-refractivity contribution in [2.75, 3.05) is 26.3 Å². The van der Waals surface area contributed by atoms with Crippen molar-refractivity contribution in [3.05, 3.63) is 0 Å². The predicted molar refractivity (Wildman–Crippen MR) is 72.8 cm³/mol. The molecule has 4 N–H and O–H groups in total. The molecule has 0 spiro atoms. The van der Waals surface area contributed by atoms with Gasteiger partial charge in [0.25, 0.3) is 0 Å². The zero-order chi connectivity index (χ0) is 13.6. The van der Waals surface area contributed by atoms with Crippen molar-refractivity contribution in [2.45, 2.75) is 40.0 Å². The highest BCUT2D eigenvalue weighted by atomic mass is 16.5. The molecule has 18 heavy (non-hydrogen) atoms. The topological polar surface area (TPSA) is 79.9 Å². The molecule has 0 atom stereocenters. The smallest absolute Gasteiger partial charge is 0.144 e. The third-order valence-corrected chi connectivity index (χ3v) is 3.98. The summed E-state index contributed by atoms with van der Waals surface area (Å²) in [5, 5.41) is 15.3. The van der Waals surface area contributed by atoms with Crippen molar-refractivity contribution >= 4 is 5.84 Å². The van der Waals surface area contributed by atoms with Gasteiger partial charge in [-0.2, -0.15) is 0 Å². The molecule has 106 valence electrons. The molecule has 0 radical (unpaired) electrons. The number of amidine groups is 1. The molecule has 1 rings (SSSR count). The molecule has 0 unspecified atom stereocenters. The van der Waals surface area contributed by atoms with Crippen molar-refractivity contribution in [2.24, 2.45) is 21.7 Å². The van der Waals surface area contributed by atoms with E-state index in [4.69, 9.17) is 15.7 Å². The van der Waals surface area contributed by atoms with E-state index < -0.39 is 0 Å². The van der Waals surface area contributed by atoms with Gasteiger partial charge in [-0.1, -0.05) is 25.9 Å². The van der Waals surface area contributed by atoms with Crippen molar-refractivity contribution in [1.82, 2.24) is 5.32 Å². The number of hydrogen-bond donors (Lipinski definition) is 3. The molecule has 0 aromatic carbocycles. The third kappa shape index (κ3) is 4.46. The number of hydrogen-bond acceptors (Lipinski definition) is 4. The lowest BCUT2D eigenvalue weighted by Gasteiger charge is -2.34.